The van der Waals surface area contributed by atoms with E-state index in [0.29, 0.717) is 22.3 Å². The molecule has 0 unspecified atom stereocenters. The molecule has 30 heavy (non-hydrogen) atoms. The van der Waals surface area contributed by atoms with E-state index in [1.54, 1.807) is 0 Å². The van der Waals surface area contributed by atoms with E-state index in [0.717, 1.165) is 0 Å². The van der Waals surface area contributed by atoms with E-state index < -0.39 is 8.07 Å². The Morgan fingerprint density at radius 2 is 1.07 bits per heavy atom. The van der Waals surface area contributed by atoms with Gasteiger partial charge in [-0.2, -0.15) is 10.5 Å². The average Bonchev–Trinajstić information content (AvgIpc) is 2.74. The van der Waals surface area contributed by atoms with E-state index in [1.807, 2.05) is 48.5 Å². The summed E-state index contributed by atoms with van der Waals surface area (Å²) >= 11 is 0. The minimum Gasteiger partial charge on any atom is -0.223 e. The minimum absolute atomic E-state index is 0.0355. The van der Waals surface area contributed by atoms with Crippen LogP contribution in [0.3, 0.4) is 0 Å². The molecule has 0 bridgehead atoms. The van der Waals surface area contributed by atoms with Crippen LogP contribution in [0.15, 0.2) is 36.4 Å². The summed E-state index contributed by atoms with van der Waals surface area (Å²) in [5, 5.41) is 18.2. The second-order valence-corrected chi connectivity index (χ2v) is 13.4. The third kappa shape index (κ3) is 5.81. The third-order valence-corrected chi connectivity index (χ3v) is 11.5. The SMILES string of the molecule is C#Cc1nc(C#N)c(C#N)nc1C#C[Si](C(C)C)(C(C)C)C(C)C.c1ccccc1. The van der Waals surface area contributed by atoms with Crippen molar-refractivity contribution < 1.29 is 0 Å². The van der Waals surface area contributed by atoms with E-state index in [2.05, 4.69) is 68.9 Å². The van der Waals surface area contributed by atoms with Crippen molar-refractivity contribution in [2.24, 2.45) is 0 Å². The molecule has 0 radical (unpaired) electrons. The van der Waals surface area contributed by atoms with Gasteiger partial charge in [0.1, 0.15) is 31.6 Å². The van der Waals surface area contributed by atoms with Crippen LogP contribution in [0.5, 0.6) is 0 Å². The zero-order valence-corrected chi connectivity index (χ0v) is 19.6. The number of terminal acetylenes is 1. The molecule has 0 fully saturated rings. The number of benzene rings is 1. The topological polar surface area (TPSA) is 73.4 Å². The van der Waals surface area contributed by atoms with Crippen LogP contribution in [0.1, 0.15) is 64.3 Å². The highest BCUT2D eigenvalue weighted by molar-refractivity contribution is 6.90. The Morgan fingerprint density at radius 3 is 1.37 bits per heavy atom. The van der Waals surface area contributed by atoms with Gasteiger partial charge in [-0.15, -0.1) is 12.0 Å². The van der Waals surface area contributed by atoms with Crippen LogP contribution in [0.25, 0.3) is 0 Å². The fraction of sp³-hybridized carbons (Fsp3) is 0.360. The van der Waals surface area contributed by atoms with Crippen LogP contribution in [0.4, 0.5) is 0 Å². The Bertz CT molecular complexity index is 975. The van der Waals surface area contributed by atoms with E-state index >= 15 is 0 Å². The zero-order chi connectivity index (χ0) is 22.7. The Kier molecular flexibility index (Phi) is 9.51. The zero-order valence-electron chi connectivity index (χ0n) is 18.6. The van der Waals surface area contributed by atoms with Gasteiger partial charge in [0.25, 0.3) is 0 Å². The molecule has 1 aromatic heterocycles. The lowest BCUT2D eigenvalue weighted by Gasteiger charge is -2.38. The summed E-state index contributed by atoms with van der Waals surface area (Å²) in [6.45, 7) is 13.3. The van der Waals surface area contributed by atoms with Crippen molar-refractivity contribution in [3.63, 3.8) is 0 Å². The quantitative estimate of drug-likeness (QED) is 0.496. The van der Waals surface area contributed by atoms with Gasteiger partial charge in [-0.25, -0.2) is 9.97 Å². The molecule has 0 spiro atoms. The second-order valence-electron chi connectivity index (χ2n) is 7.79. The lowest BCUT2D eigenvalue weighted by atomic mass is 10.2. The Balaban J connectivity index is 0.000000637. The molecule has 1 aromatic carbocycles. The summed E-state index contributed by atoms with van der Waals surface area (Å²) < 4.78 is 0. The Hall–Kier alpha value is -3.38. The van der Waals surface area contributed by atoms with Gasteiger partial charge in [-0.05, 0) is 22.5 Å². The molecule has 0 aliphatic rings. The predicted octanol–water partition coefficient (Wildman–Crippen LogP) is 5.46. The molecule has 4 nitrogen and oxygen atoms in total. The monoisotopic (exact) mass is 412 g/mol. The van der Waals surface area contributed by atoms with Crippen LogP contribution >= 0.6 is 0 Å². The van der Waals surface area contributed by atoms with E-state index in [-0.39, 0.29) is 17.1 Å². The maximum absolute atomic E-state index is 9.14. The molecule has 1 heterocycles. The van der Waals surface area contributed by atoms with Crippen LogP contribution in [0.2, 0.25) is 16.6 Å². The first-order valence-electron chi connectivity index (χ1n) is 9.96. The lowest BCUT2D eigenvalue weighted by molar-refractivity contribution is 0.838. The summed E-state index contributed by atoms with van der Waals surface area (Å²) in [7, 11) is -1.94. The molecule has 0 atom stereocenters. The number of rotatable bonds is 3. The fourth-order valence-corrected chi connectivity index (χ4v) is 8.97. The number of nitriles is 2. The largest absolute Gasteiger partial charge is 0.223 e. The van der Waals surface area contributed by atoms with Crippen LogP contribution < -0.4 is 0 Å². The summed E-state index contributed by atoms with van der Waals surface area (Å²) in [6, 6.07) is 15.7. The molecule has 0 saturated heterocycles. The highest BCUT2D eigenvalue weighted by Crippen LogP contribution is 2.40. The fourth-order valence-electron chi connectivity index (χ4n) is 3.76. The highest BCUT2D eigenvalue weighted by Gasteiger charge is 2.41. The third-order valence-electron chi connectivity index (χ3n) is 5.17. The number of nitrogens with zero attached hydrogens (tertiary/aromatic N) is 4. The van der Waals surface area contributed by atoms with Crippen molar-refractivity contribution in [1.82, 2.24) is 9.97 Å². The van der Waals surface area contributed by atoms with Gasteiger partial charge in [0.15, 0.2) is 11.4 Å². The molecule has 0 aliphatic carbocycles. The number of hydrogen-bond acceptors (Lipinski definition) is 4. The molecule has 0 amide bonds. The molecule has 152 valence electrons. The molecule has 2 aromatic rings. The smallest absolute Gasteiger partial charge is 0.178 e. The standard InChI is InChI=1S/C19H22N4Si.C6H6/c1-8-16-17(23-19(12-21)18(11-20)22-16)9-10-24(13(2)3,14(4)5)15(6)7;1-2-4-6-5-3-1/h1,13-15H,2-7H3;1-6H. The normalized spacial score (nSPS) is 10.2. The molecule has 0 N–H and O–H groups in total. The Morgan fingerprint density at radius 1 is 0.700 bits per heavy atom. The second kappa shape index (κ2) is 11.6. The maximum atomic E-state index is 9.14. The van der Waals surface area contributed by atoms with Crippen LogP contribution in [-0.2, 0) is 0 Å². The minimum atomic E-state index is -1.94. The van der Waals surface area contributed by atoms with Gasteiger partial charge in [0, 0.05) is 0 Å². The Labute approximate surface area is 182 Å². The summed E-state index contributed by atoms with van der Waals surface area (Å²) in [5.41, 5.74) is 5.37. The molecule has 0 saturated carbocycles. The van der Waals surface area contributed by atoms with E-state index in [4.69, 9.17) is 16.9 Å². The van der Waals surface area contributed by atoms with Crippen molar-refractivity contribution in [2.45, 2.75) is 58.2 Å². The first-order valence-corrected chi connectivity index (χ1v) is 12.2. The lowest BCUT2D eigenvalue weighted by Crippen LogP contribution is -2.43. The maximum Gasteiger partial charge on any atom is 0.178 e. The first-order chi connectivity index (χ1) is 14.2. The van der Waals surface area contributed by atoms with Crippen molar-refractivity contribution in [1.29, 1.82) is 10.5 Å². The van der Waals surface area contributed by atoms with Gasteiger partial charge in [-0.1, -0.05) is 83.9 Å². The molecular formula is C25H28N4Si. The molecule has 2 rings (SSSR count). The van der Waals surface area contributed by atoms with Gasteiger partial charge in [0.2, 0.25) is 0 Å². The summed E-state index contributed by atoms with van der Waals surface area (Å²) in [6.07, 6.45) is 5.48. The van der Waals surface area contributed by atoms with Crippen molar-refractivity contribution in [3.05, 3.63) is 59.2 Å². The summed E-state index contributed by atoms with van der Waals surface area (Å²) in [5.74, 6) is 5.53. The van der Waals surface area contributed by atoms with Gasteiger partial charge in [-0.3, -0.25) is 0 Å². The number of aromatic nitrogens is 2. The summed E-state index contributed by atoms with van der Waals surface area (Å²) in [4.78, 5) is 8.22. The van der Waals surface area contributed by atoms with Gasteiger partial charge < -0.3 is 0 Å². The van der Waals surface area contributed by atoms with Gasteiger partial charge in [0.05, 0.1) is 0 Å². The van der Waals surface area contributed by atoms with Crippen molar-refractivity contribution in [2.75, 3.05) is 0 Å². The molecule has 5 heteroatoms. The average molecular weight is 413 g/mol. The van der Waals surface area contributed by atoms with Crippen LogP contribution in [-0.4, -0.2) is 18.0 Å². The van der Waals surface area contributed by atoms with Crippen LogP contribution in [0, 0.1) is 46.5 Å². The van der Waals surface area contributed by atoms with Crippen molar-refractivity contribution >= 4 is 8.07 Å². The van der Waals surface area contributed by atoms with Crippen molar-refractivity contribution in [3.8, 4) is 35.9 Å². The first kappa shape index (κ1) is 24.7. The number of hydrogen-bond donors (Lipinski definition) is 0. The predicted molar refractivity (Wildman–Crippen MR) is 124 cm³/mol. The van der Waals surface area contributed by atoms with E-state index in [9.17, 15) is 0 Å². The van der Waals surface area contributed by atoms with Gasteiger partial charge >= 0.3 is 0 Å². The molecule has 0 aliphatic heterocycles. The van der Waals surface area contributed by atoms with E-state index in [1.165, 1.54) is 0 Å². The molecular weight excluding hydrogens is 384 g/mol. The highest BCUT2D eigenvalue weighted by atomic mass is 28.3.